The Balaban J connectivity index is 1.50. The molecule has 1 amide bonds. The van der Waals surface area contributed by atoms with Crippen LogP contribution in [0.1, 0.15) is 35.2 Å². The van der Waals surface area contributed by atoms with E-state index in [4.69, 9.17) is 0 Å². The molecule has 8 heteroatoms. The summed E-state index contributed by atoms with van der Waals surface area (Å²) in [4.78, 5) is 21.3. The molecule has 0 bridgehead atoms. The molecular formula is C20H23FN6O. The van der Waals surface area contributed by atoms with Crippen molar-refractivity contribution in [3.63, 3.8) is 0 Å². The Labute approximate surface area is 162 Å². The van der Waals surface area contributed by atoms with Crippen LogP contribution in [0.2, 0.25) is 0 Å². The van der Waals surface area contributed by atoms with Crippen LogP contribution in [0.5, 0.6) is 0 Å². The van der Waals surface area contributed by atoms with Gasteiger partial charge >= 0.3 is 0 Å². The van der Waals surface area contributed by atoms with E-state index < -0.39 is 0 Å². The lowest BCUT2D eigenvalue weighted by Crippen LogP contribution is -2.49. The third-order valence-corrected chi connectivity index (χ3v) is 5.09. The minimum absolute atomic E-state index is 0.0668. The number of anilines is 1. The molecular weight excluding hydrogens is 359 g/mol. The highest BCUT2D eigenvalue weighted by Crippen LogP contribution is 2.20. The average molecular weight is 382 g/mol. The molecule has 28 heavy (non-hydrogen) atoms. The van der Waals surface area contributed by atoms with Crippen LogP contribution in [-0.2, 0) is 6.42 Å². The first-order chi connectivity index (χ1) is 13.6. The van der Waals surface area contributed by atoms with E-state index in [2.05, 4.69) is 33.1 Å². The lowest BCUT2D eigenvalue weighted by atomic mass is 10.1. The van der Waals surface area contributed by atoms with E-state index in [1.54, 1.807) is 4.90 Å². The molecule has 0 N–H and O–H groups in total. The Morgan fingerprint density at radius 1 is 1.11 bits per heavy atom. The van der Waals surface area contributed by atoms with E-state index >= 15 is 0 Å². The summed E-state index contributed by atoms with van der Waals surface area (Å²) in [6.45, 7) is 6.64. The second kappa shape index (κ2) is 7.53. The predicted octanol–water partition coefficient (Wildman–Crippen LogP) is 2.49. The van der Waals surface area contributed by atoms with Gasteiger partial charge in [0.1, 0.15) is 17.5 Å². The highest BCUT2D eigenvalue weighted by Gasteiger charge is 2.24. The lowest BCUT2D eigenvalue weighted by molar-refractivity contribution is 0.0746. The lowest BCUT2D eigenvalue weighted by Gasteiger charge is -2.35. The van der Waals surface area contributed by atoms with Gasteiger partial charge in [0.2, 0.25) is 0 Å². The van der Waals surface area contributed by atoms with Crippen LogP contribution in [0.4, 0.5) is 10.2 Å². The molecule has 1 aliphatic rings. The van der Waals surface area contributed by atoms with Gasteiger partial charge in [0.05, 0.1) is 0 Å². The van der Waals surface area contributed by atoms with Gasteiger partial charge in [-0.1, -0.05) is 13.3 Å². The van der Waals surface area contributed by atoms with Crippen molar-refractivity contribution in [2.45, 2.75) is 26.7 Å². The number of benzene rings is 1. The summed E-state index contributed by atoms with van der Waals surface area (Å²) in [5, 5.41) is 8.34. The highest BCUT2D eigenvalue weighted by molar-refractivity contribution is 5.94. The predicted molar refractivity (Wildman–Crippen MR) is 104 cm³/mol. The van der Waals surface area contributed by atoms with Gasteiger partial charge < -0.3 is 9.80 Å². The number of rotatable bonds is 4. The van der Waals surface area contributed by atoms with Gasteiger partial charge in [0.25, 0.3) is 11.7 Å². The maximum atomic E-state index is 13.1. The van der Waals surface area contributed by atoms with E-state index in [0.717, 1.165) is 30.2 Å². The summed E-state index contributed by atoms with van der Waals surface area (Å²) in [7, 11) is 0. The van der Waals surface area contributed by atoms with Crippen molar-refractivity contribution in [3.8, 4) is 0 Å². The van der Waals surface area contributed by atoms with Crippen molar-refractivity contribution in [3.05, 3.63) is 53.2 Å². The van der Waals surface area contributed by atoms with Crippen LogP contribution in [0.15, 0.2) is 30.3 Å². The molecule has 0 aliphatic carbocycles. The molecule has 0 unspecified atom stereocenters. The molecule has 1 saturated heterocycles. The molecule has 2 aromatic heterocycles. The SMILES string of the molecule is CCCc1cc(N2CCN(C(=O)c3ccc(F)cc3)CC2)nc2nnc(C)n12. The summed E-state index contributed by atoms with van der Waals surface area (Å²) in [6.07, 6.45) is 1.95. The molecule has 3 heterocycles. The second-order valence-electron chi connectivity index (χ2n) is 7.02. The Hall–Kier alpha value is -3.03. The number of nitrogens with zero attached hydrogens (tertiary/aromatic N) is 6. The van der Waals surface area contributed by atoms with Gasteiger partial charge in [0, 0.05) is 43.5 Å². The quantitative estimate of drug-likeness (QED) is 0.694. The monoisotopic (exact) mass is 382 g/mol. The van der Waals surface area contributed by atoms with E-state index in [-0.39, 0.29) is 11.7 Å². The molecule has 4 rings (SSSR count). The van der Waals surface area contributed by atoms with E-state index in [1.807, 2.05) is 11.3 Å². The average Bonchev–Trinajstić information content (AvgIpc) is 3.09. The molecule has 1 aliphatic heterocycles. The minimum atomic E-state index is -0.338. The van der Waals surface area contributed by atoms with Gasteiger partial charge in [-0.05, 0) is 37.6 Å². The van der Waals surface area contributed by atoms with Crippen molar-refractivity contribution in [2.24, 2.45) is 0 Å². The number of aryl methyl sites for hydroxylation is 2. The van der Waals surface area contributed by atoms with E-state index in [1.165, 1.54) is 24.3 Å². The molecule has 0 saturated carbocycles. The third-order valence-electron chi connectivity index (χ3n) is 5.09. The smallest absolute Gasteiger partial charge is 0.257 e. The fraction of sp³-hybridized carbons (Fsp3) is 0.400. The summed E-state index contributed by atoms with van der Waals surface area (Å²) < 4.78 is 15.1. The second-order valence-corrected chi connectivity index (χ2v) is 7.02. The topological polar surface area (TPSA) is 66.6 Å². The first-order valence-electron chi connectivity index (χ1n) is 9.58. The normalized spacial score (nSPS) is 14.7. The maximum absolute atomic E-state index is 13.1. The number of hydrogen-bond acceptors (Lipinski definition) is 5. The first-order valence-corrected chi connectivity index (χ1v) is 9.58. The summed E-state index contributed by atoms with van der Waals surface area (Å²) in [5.41, 5.74) is 1.66. The number of hydrogen-bond donors (Lipinski definition) is 0. The standard InChI is InChI=1S/C20H23FN6O/c1-3-4-17-13-18(22-20-24-23-14(2)27(17)20)25-9-11-26(12-10-25)19(28)15-5-7-16(21)8-6-15/h5-8,13H,3-4,9-12H2,1-2H3. The summed E-state index contributed by atoms with van der Waals surface area (Å²) in [5.74, 6) is 1.92. The van der Waals surface area contributed by atoms with Crippen molar-refractivity contribution >= 4 is 17.5 Å². The maximum Gasteiger partial charge on any atom is 0.257 e. The van der Waals surface area contributed by atoms with Crippen LogP contribution in [-0.4, -0.2) is 56.6 Å². The fourth-order valence-corrected chi connectivity index (χ4v) is 3.62. The Morgan fingerprint density at radius 3 is 2.50 bits per heavy atom. The third kappa shape index (κ3) is 3.42. The number of halogens is 1. The zero-order chi connectivity index (χ0) is 19.7. The van der Waals surface area contributed by atoms with Crippen LogP contribution in [0.25, 0.3) is 5.78 Å². The van der Waals surface area contributed by atoms with Gasteiger partial charge in [-0.25, -0.2) is 4.39 Å². The van der Waals surface area contributed by atoms with Crippen molar-refractivity contribution in [1.82, 2.24) is 24.5 Å². The van der Waals surface area contributed by atoms with Crippen LogP contribution in [0.3, 0.4) is 0 Å². The fourth-order valence-electron chi connectivity index (χ4n) is 3.62. The number of aromatic nitrogens is 4. The Kier molecular flexibility index (Phi) is 4.93. The Morgan fingerprint density at radius 2 is 1.82 bits per heavy atom. The summed E-state index contributed by atoms with van der Waals surface area (Å²) >= 11 is 0. The molecule has 1 fully saturated rings. The summed E-state index contributed by atoms with van der Waals surface area (Å²) in [6, 6.07) is 7.80. The molecule has 0 spiro atoms. The van der Waals surface area contributed by atoms with E-state index in [9.17, 15) is 9.18 Å². The van der Waals surface area contributed by atoms with Gasteiger partial charge in [0.15, 0.2) is 0 Å². The van der Waals surface area contributed by atoms with Crippen molar-refractivity contribution in [2.75, 3.05) is 31.1 Å². The largest absolute Gasteiger partial charge is 0.353 e. The van der Waals surface area contributed by atoms with Crippen molar-refractivity contribution in [1.29, 1.82) is 0 Å². The number of carbonyl (C=O) groups is 1. The number of piperazine rings is 1. The first kappa shape index (κ1) is 18.3. The molecule has 7 nitrogen and oxygen atoms in total. The van der Waals surface area contributed by atoms with Crippen LogP contribution >= 0.6 is 0 Å². The highest BCUT2D eigenvalue weighted by atomic mass is 19.1. The number of amides is 1. The van der Waals surface area contributed by atoms with Gasteiger partial charge in [-0.3, -0.25) is 9.20 Å². The van der Waals surface area contributed by atoms with Crippen LogP contribution < -0.4 is 4.90 Å². The molecule has 0 atom stereocenters. The number of fused-ring (bicyclic) bond motifs is 1. The van der Waals surface area contributed by atoms with Crippen molar-refractivity contribution < 1.29 is 9.18 Å². The van der Waals surface area contributed by atoms with Gasteiger partial charge in [-0.15, -0.1) is 10.2 Å². The zero-order valence-electron chi connectivity index (χ0n) is 16.1. The minimum Gasteiger partial charge on any atom is -0.353 e. The Bertz CT molecular complexity index is 992. The molecule has 1 aromatic carbocycles. The van der Waals surface area contributed by atoms with Gasteiger partial charge in [-0.2, -0.15) is 4.98 Å². The molecule has 3 aromatic rings. The molecule has 146 valence electrons. The zero-order valence-corrected chi connectivity index (χ0v) is 16.1. The number of carbonyl (C=O) groups excluding carboxylic acids is 1. The van der Waals surface area contributed by atoms with E-state index in [0.29, 0.717) is 37.5 Å². The van der Waals surface area contributed by atoms with Crippen LogP contribution in [0, 0.1) is 12.7 Å². The molecule has 0 radical (unpaired) electrons.